The molecule has 82 valence electrons. The van der Waals surface area contributed by atoms with E-state index in [1.807, 2.05) is 6.92 Å². The highest BCUT2D eigenvalue weighted by atomic mass is 35.5. The maximum Gasteiger partial charge on any atom is 0.108 e. The van der Waals surface area contributed by atoms with E-state index in [-0.39, 0.29) is 0 Å². The summed E-state index contributed by atoms with van der Waals surface area (Å²) in [6.07, 6.45) is -0.327. The largest absolute Gasteiger partial charge is 0.247 e. The van der Waals surface area contributed by atoms with Crippen LogP contribution in [0.25, 0.3) is 0 Å². The zero-order valence-corrected chi connectivity index (χ0v) is 10.4. The van der Waals surface area contributed by atoms with Crippen LogP contribution in [0, 0.1) is 5.41 Å². The molecule has 1 aliphatic rings. The maximum absolute atomic E-state index is 13.2. The molecule has 0 N–H and O–H groups in total. The lowest BCUT2D eigenvalue weighted by Crippen LogP contribution is -2.08. The van der Waals surface area contributed by atoms with E-state index in [0.29, 0.717) is 16.5 Å². The Morgan fingerprint density at radius 2 is 2.07 bits per heavy atom. The van der Waals surface area contributed by atoms with E-state index in [0.717, 1.165) is 5.56 Å². The summed E-state index contributed by atoms with van der Waals surface area (Å²) < 4.78 is 13.2. The van der Waals surface area contributed by atoms with E-state index in [1.54, 1.807) is 18.2 Å². The van der Waals surface area contributed by atoms with Crippen molar-refractivity contribution in [1.82, 2.24) is 0 Å². The molecule has 0 heterocycles. The normalized spacial score (nSPS) is 31.4. The summed E-state index contributed by atoms with van der Waals surface area (Å²) in [6, 6.07) is 5.11. The van der Waals surface area contributed by atoms with Crippen molar-refractivity contribution in [3.8, 4) is 0 Å². The van der Waals surface area contributed by atoms with E-state index in [9.17, 15) is 4.39 Å². The first kappa shape index (κ1) is 11.5. The molecule has 0 aromatic heterocycles. The minimum Gasteiger partial charge on any atom is -0.247 e. The van der Waals surface area contributed by atoms with Crippen LogP contribution >= 0.6 is 34.8 Å². The molecule has 0 spiro atoms. The van der Waals surface area contributed by atoms with Crippen molar-refractivity contribution in [3.63, 3.8) is 0 Å². The highest BCUT2D eigenvalue weighted by molar-refractivity contribution is 6.36. The van der Waals surface area contributed by atoms with E-state index < -0.39 is 17.0 Å². The van der Waals surface area contributed by atoms with Gasteiger partial charge in [0.2, 0.25) is 0 Å². The first-order chi connectivity index (χ1) is 6.95. The second-order valence-corrected chi connectivity index (χ2v) is 5.49. The molecule has 2 rings (SSSR count). The van der Waals surface area contributed by atoms with Crippen molar-refractivity contribution in [3.05, 3.63) is 33.8 Å². The van der Waals surface area contributed by atoms with Gasteiger partial charge < -0.3 is 0 Å². The number of hydrogen-bond acceptors (Lipinski definition) is 0. The molecule has 1 saturated carbocycles. The topological polar surface area (TPSA) is 0 Å². The fourth-order valence-corrected chi connectivity index (χ4v) is 2.64. The van der Waals surface area contributed by atoms with Gasteiger partial charge in [0.15, 0.2) is 0 Å². The van der Waals surface area contributed by atoms with Gasteiger partial charge in [-0.25, -0.2) is 4.39 Å². The van der Waals surface area contributed by atoms with Gasteiger partial charge in [0.25, 0.3) is 0 Å². The number of rotatable bonds is 2. The summed E-state index contributed by atoms with van der Waals surface area (Å²) in [7, 11) is 0. The van der Waals surface area contributed by atoms with Crippen LogP contribution in [0.1, 0.15) is 24.3 Å². The minimum absolute atomic E-state index is 0.391. The third kappa shape index (κ3) is 1.98. The van der Waals surface area contributed by atoms with Crippen LogP contribution in [0.3, 0.4) is 0 Å². The standard InChI is InChI=1S/C11H10Cl3F/c1-11(5-9(11)15)10(14)7-3-2-6(12)4-8(7)13/h2-4,9-10H,5H2,1H3. The Kier molecular flexibility index (Phi) is 2.91. The number of halogens is 4. The van der Waals surface area contributed by atoms with Crippen LogP contribution in [-0.4, -0.2) is 6.17 Å². The molecule has 0 nitrogen and oxygen atoms in total. The summed E-state index contributed by atoms with van der Waals surface area (Å²) in [6.45, 7) is 1.83. The third-order valence-electron chi connectivity index (χ3n) is 2.99. The second-order valence-electron chi connectivity index (χ2n) is 4.21. The van der Waals surface area contributed by atoms with Crippen LogP contribution in [0.4, 0.5) is 4.39 Å². The fourth-order valence-electron chi connectivity index (χ4n) is 1.65. The van der Waals surface area contributed by atoms with Gasteiger partial charge >= 0.3 is 0 Å². The van der Waals surface area contributed by atoms with Gasteiger partial charge in [0.05, 0.1) is 5.38 Å². The predicted octanol–water partition coefficient (Wildman–Crippen LogP) is 5.02. The van der Waals surface area contributed by atoms with Gasteiger partial charge in [0, 0.05) is 15.5 Å². The van der Waals surface area contributed by atoms with Gasteiger partial charge in [0.1, 0.15) is 6.17 Å². The number of alkyl halides is 2. The summed E-state index contributed by atoms with van der Waals surface area (Å²) in [5, 5.41) is 0.672. The van der Waals surface area contributed by atoms with Gasteiger partial charge in [-0.3, -0.25) is 0 Å². The molecule has 1 aliphatic carbocycles. The summed E-state index contributed by atoms with van der Waals surface area (Å²) in [5.41, 5.74) is 0.282. The maximum atomic E-state index is 13.2. The summed E-state index contributed by atoms with van der Waals surface area (Å²) >= 11 is 18.0. The van der Waals surface area contributed by atoms with Crippen LogP contribution in [0.15, 0.2) is 18.2 Å². The average Bonchev–Trinajstić information content (AvgIpc) is 2.75. The molecule has 0 radical (unpaired) electrons. The molecule has 1 aromatic rings. The van der Waals surface area contributed by atoms with Gasteiger partial charge in [-0.15, -0.1) is 11.6 Å². The molecular weight excluding hydrogens is 257 g/mol. The lowest BCUT2D eigenvalue weighted by molar-refractivity contribution is 0.370. The molecule has 3 atom stereocenters. The van der Waals surface area contributed by atoms with E-state index in [2.05, 4.69) is 0 Å². The Hall–Kier alpha value is 0.0200. The summed E-state index contributed by atoms with van der Waals surface area (Å²) in [4.78, 5) is 0. The van der Waals surface area contributed by atoms with Gasteiger partial charge in [-0.05, 0) is 24.1 Å². The van der Waals surface area contributed by atoms with Crippen molar-refractivity contribution < 1.29 is 4.39 Å². The molecule has 0 amide bonds. The molecule has 1 aromatic carbocycles. The van der Waals surface area contributed by atoms with E-state index >= 15 is 0 Å². The van der Waals surface area contributed by atoms with Crippen molar-refractivity contribution in [2.45, 2.75) is 24.9 Å². The molecule has 0 bridgehead atoms. The van der Waals surface area contributed by atoms with Crippen molar-refractivity contribution in [1.29, 1.82) is 0 Å². The van der Waals surface area contributed by atoms with E-state index in [1.165, 1.54) is 0 Å². The molecule has 4 heteroatoms. The zero-order chi connectivity index (χ0) is 11.2. The number of hydrogen-bond donors (Lipinski definition) is 0. The lowest BCUT2D eigenvalue weighted by Gasteiger charge is -2.18. The lowest BCUT2D eigenvalue weighted by atomic mass is 9.97. The average molecular weight is 268 g/mol. The second kappa shape index (κ2) is 3.80. The molecule has 0 aliphatic heterocycles. The minimum atomic E-state index is -0.827. The highest BCUT2D eigenvalue weighted by Gasteiger charge is 2.56. The summed E-state index contributed by atoms with van der Waals surface area (Å²) in [5.74, 6) is 0. The smallest absolute Gasteiger partial charge is 0.108 e. The Labute approximate surface area is 103 Å². The van der Waals surface area contributed by atoms with Crippen molar-refractivity contribution in [2.75, 3.05) is 0 Å². The Balaban J connectivity index is 2.30. The SMILES string of the molecule is CC1(C(Cl)c2ccc(Cl)cc2Cl)CC1F. The Morgan fingerprint density at radius 1 is 1.47 bits per heavy atom. The Morgan fingerprint density at radius 3 is 2.53 bits per heavy atom. The van der Waals surface area contributed by atoms with Crippen LogP contribution in [-0.2, 0) is 0 Å². The number of benzene rings is 1. The molecule has 3 unspecified atom stereocenters. The first-order valence-corrected chi connectivity index (χ1v) is 5.87. The molecule has 1 fully saturated rings. The predicted molar refractivity (Wildman–Crippen MR) is 62.7 cm³/mol. The first-order valence-electron chi connectivity index (χ1n) is 4.68. The molecule has 0 saturated heterocycles. The van der Waals surface area contributed by atoms with E-state index in [4.69, 9.17) is 34.8 Å². The van der Waals surface area contributed by atoms with Gasteiger partial charge in [-0.2, -0.15) is 0 Å². The van der Waals surface area contributed by atoms with Crippen LogP contribution in [0.2, 0.25) is 10.0 Å². The molecular formula is C11H10Cl3F. The van der Waals surface area contributed by atoms with Crippen molar-refractivity contribution >= 4 is 34.8 Å². The van der Waals surface area contributed by atoms with Crippen LogP contribution < -0.4 is 0 Å². The monoisotopic (exact) mass is 266 g/mol. The van der Waals surface area contributed by atoms with Gasteiger partial charge in [-0.1, -0.05) is 36.2 Å². The third-order valence-corrected chi connectivity index (χ3v) is 4.29. The van der Waals surface area contributed by atoms with Crippen LogP contribution in [0.5, 0.6) is 0 Å². The zero-order valence-electron chi connectivity index (χ0n) is 8.11. The molecule has 15 heavy (non-hydrogen) atoms. The fraction of sp³-hybridized carbons (Fsp3) is 0.455. The Bertz CT molecular complexity index is 393. The van der Waals surface area contributed by atoms with Crippen molar-refractivity contribution in [2.24, 2.45) is 5.41 Å². The highest BCUT2D eigenvalue weighted by Crippen LogP contribution is 2.60. The quantitative estimate of drug-likeness (QED) is 0.660.